The molecule has 1 fully saturated rings. The van der Waals surface area contributed by atoms with Crippen LogP contribution in [0.1, 0.15) is 57.0 Å². The third kappa shape index (κ3) is 2.41. The van der Waals surface area contributed by atoms with Crippen molar-refractivity contribution in [3.05, 3.63) is 11.7 Å². The van der Waals surface area contributed by atoms with Gasteiger partial charge in [-0.1, -0.05) is 12.1 Å². The summed E-state index contributed by atoms with van der Waals surface area (Å²) in [4.78, 5) is 4.42. The summed E-state index contributed by atoms with van der Waals surface area (Å²) in [7, 11) is 0. The van der Waals surface area contributed by atoms with E-state index in [2.05, 4.69) is 22.4 Å². The highest BCUT2D eigenvalue weighted by atomic mass is 16.5. The molecular weight excluding hydrogens is 206 g/mol. The zero-order chi connectivity index (χ0) is 11.4. The molecule has 1 aromatic rings. The monoisotopic (exact) mass is 225 g/mol. The average molecular weight is 225 g/mol. The highest BCUT2D eigenvalue weighted by Gasteiger charge is 2.24. The predicted molar refractivity (Wildman–Crippen MR) is 58.9 cm³/mol. The molecule has 1 N–H and O–H groups in total. The lowest BCUT2D eigenvalue weighted by Crippen LogP contribution is -2.13. The first-order valence-electron chi connectivity index (χ1n) is 6.03. The van der Waals surface area contributed by atoms with Gasteiger partial charge in [0.2, 0.25) is 11.7 Å². The summed E-state index contributed by atoms with van der Waals surface area (Å²) in [5.41, 5.74) is 0. The van der Waals surface area contributed by atoms with Crippen LogP contribution in [0.25, 0.3) is 0 Å². The van der Waals surface area contributed by atoms with Crippen molar-refractivity contribution < 1.29 is 9.26 Å². The van der Waals surface area contributed by atoms with E-state index in [1.807, 2.05) is 6.92 Å². The predicted octanol–water partition coefficient (Wildman–Crippen LogP) is 1.98. The van der Waals surface area contributed by atoms with Gasteiger partial charge in [-0.15, -0.1) is 0 Å². The minimum atomic E-state index is -0.0381. The Hall–Kier alpha value is -0.940. The van der Waals surface area contributed by atoms with Gasteiger partial charge < -0.3 is 14.6 Å². The minimum absolute atomic E-state index is 0.0381. The molecule has 90 valence electrons. The maximum atomic E-state index is 5.55. The second-order valence-corrected chi connectivity index (χ2v) is 3.99. The summed E-state index contributed by atoms with van der Waals surface area (Å²) in [5.74, 6) is 1.37. The van der Waals surface area contributed by atoms with Crippen LogP contribution in [-0.2, 0) is 4.74 Å². The lowest BCUT2D eigenvalue weighted by Gasteiger charge is -2.09. The van der Waals surface area contributed by atoms with Gasteiger partial charge in [0.15, 0.2) is 0 Å². The van der Waals surface area contributed by atoms with E-state index in [1.54, 1.807) is 0 Å². The van der Waals surface area contributed by atoms with E-state index >= 15 is 0 Å². The molecule has 1 aromatic heterocycles. The first kappa shape index (κ1) is 11.5. The maximum absolute atomic E-state index is 5.55. The summed E-state index contributed by atoms with van der Waals surface area (Å²) >= 11 is 0. The number of aromatic nitrogens is 2. The molecule has 1 saturated heterocycles. The van der Waals surface area contributed by atoms with Crippen molar-refractivity contribution in [2.24, 2.45) is 0 Å². The van der Waals surface area contributed by atoms with Crippen LogP contribution in [-0.4, -0.2) is 23.3 Å². The largest absolute Gasteiger partial charge is 0.370 e. The number of hydrogen-bond acceptors (Lipinski definition) is 5. The van der Waals surface area contributed by atoms with Crippen LogP contribution in [0.15, 0.2) is 4.52 Å². The van der Waals surface area contributed by atoms with Crippen molar-refractivity contribution >= 4 is 0 Å². The molecule has 16 heavy (non-hydrogen) atoms. The van der Waals surface area contributed by atoms with Crippen LogP contribution in [0, 0.1) is 0 Å². The summed E-state index contributed by atoms with van der Waals surface area (Å²) in [6.07, 6.45) is 3.08. The van der Waals surface area contributed by atoms with E-state index in [0.717, 1.165) is 19.4 Å². The van der Waals surface area contributed by atoms with E-state index in [-0.39, 0.29) is 12.1 Å². The quantitative estimate of drug-likeness (QED) is 0.830. The van der Waals surface area contributed by atoms with E-state index < -0.39 is 0 Å². The lowest BCUT2D eigenvalue weighted by molar-refractivity contribution is 0.0518. The first-order chi connectivity index (χ1) is 7.85. The average Bonchev–Trinajstić information content (AvgIpc) is 2.95. The van der Waals surface area contributed by atoms with Gasteiger partial charge in [0.1, 0.15) is 6.10 Å². The standard InChI is InChI=1S/C11H19N3O2/c1-3-9(15-4-2)10-13-11(16-14-10)8-6-5-7-12-8/h8-9,12H,3-7H2,1-2H3. The van der Waals surface area contributed by atoms with E-state index in [1.165, 1.54) is 6.42 Å². The van der Waals surface area contributed by atoms with E-state index in [4.69, 9.17) is 9.26 Å². The number of nitrogens with one attached hydrogen (secondary N) is 1. The van der Waals surface area contributed by atoms with Gasteiger partial charge in [0.25, 0.3) is 0 Å². The Balaban J connectivity index is 2.05. The Bertz CT molecular complexity index is 321. The van der Waals surface area contributed by atoms with Crippen LogP contribution >= 0.6 is 0 Å². The molecule has 1 aliphatic rings. The number of ether oxygens (including phenoxy) is 1. The third-order valence-corrected chi connectivity index (χ3v) is 2.84. The maximum Gasteiger partial charge on any atom is 0.243 e. The fourth-order valence-corrected chi connectivity index (χ4v) is 1.99. The van der Waals surface area contributed by atoms with Crippen molar-refractivity contribution in [2.75, 3.05) is 13.2 Å². The SMILES string of the molecule is CCOC(CC)c1noc(C2CCCN2)n1. The molecule has 1 aliphatic heterocycles. The smallest absolute Gasteiger partial charge is 0.243 e. The number of hydrogen-bond donors (Lipinski definition) is 1. The van der Waals surface area contributed by atoms with Gasteiger partial charge in [-0.05, 0) is 32.7 Å². The number of rotatable bonds is 5. The summed E-state index contributed by atoms with van der Waals surface area (Å²) in [6, 6.07) is 0.236. The number of nitrogens with zero attached hydrogens (tertiary/aromatic N) is 2. The van der Waals surface area contributed by atoms with Crippen molar-refractivity contribution in [1.29, 1.82) is 0 Å². The molecule has 0 bridgehead atoms. The zero-order valence-electron chi connectivity index (χ0n) is 9.90. The van der Waals surface area contributed by atoms with Gasteiger partial charge in [-0.3, -0.25) is 0 Å². The van der Waals surface area contributed by atoms with Crippen LogP contribution in [0.3, 0.4) is 0 Å². The Labute approximate surface area is 95.6 Å². The molecular formula is C11H19N3O2. The second kappa shape index (κ2) is 5.41. The molecule has 0 amide bonds. The van der Waals surface area contributed by atoms with E-state index in [9.17, 15) is 0 Å². The van der Waals surface area contributed by atoms with Crippen LogP contribution < -0.4 is 5.32 Å². The fourth-order valence-electron chi connectivity index (χ4n) is 1.99. The Morgan fingerprint density at radius 3 is 3.06 bits per heavy atom. The Morgan fingerprint density at radius 2 is 2.44 bits per heavy atom. The van der Waals surface area contributed by atoms with Crippen LogP contribution in [0.5, 0.6) is 0 Å². The molecule has 0 aromatic carbocycles. The summed E-state index contributed by atoms with van der Waals surface area (Å²) in [6.45, 7) is 5.74. The summed E-state index contributed by atoms with van der Waals surface area (Å²) < 4.78 is 10.8. The van der Waals surface area contributed by atoms with Gasteiger partial charge in [0, 0.05) is 6.61 Å². The van der Waals surface area contributed by atoms with Gasteiger partial charge in [-0.2, -0.15) is 4.98 Å². The molecule has 0 radical (unpaired) electrons. The van der Waals surface area contributed by atoms with Crippen LogP contribution in [0.2, 0.25) is 0 Å². The topological polar surface area (TPSA) is 60.2 Å². The van der Waals surface area contributed by atoms with E-state index in [0.29, 0.717) is 18.3 Å². The molecule has 0 aliphatic carbocycles. The van der Waals surface area contributed by atoms with Crippen molar-refractivity contribution in [1.82, 2.24) is 15.5 Å². The second-order valence-electron chi connectivity index (χ2n) is 3.99. The van der Waals surface area contributed by atoms with Crippen molar-refractivity contribution in [3.8, 4) is 0 Å². The molecule has 2 rings (SSSR count). The highest BCUT2D eigenvalue weighted by molar-refractivity contribution is 4.97. The molecule has 2 atom stereocenters. The summed E-state index contributed by atoms with van der Waals surface area (Å²) in [5, 5.41) is 7.34. The Kier molecular flexibility index (Phi) is 3.90. The molecule has 0 spiro atoms. The third-order valence-electron chi connectivity index (χ3n) is 2.84. The van der Waals surface area contributed by atoms with Gasteiger partial charge >= 0.3 is 0 Å². The van der Waals surface area contributed by atoms with Crippen LogP contribution in [0.4, 0.5) is 0 Å². The van der Waals surface area contributed by atoms with Gasteiger partial charge in [-0.25, -0.2) is 0 Å². The van der Waals surface area contributed by atoms with Crippen molar-refractivity contribution in [3.63, 3.8) is 0 Å². The molecule has 2 unspecified atom stereocenters. The normalized spacial score (nSPS) is 22.5. The zero-order valence-corrected chi connectivity index (χ0v) is 9.90. The lowest BCUT2D eigenvalue weighted by atomic mass is 10.2. The van der Waals surface area contributed by atoms with Crippen molar-refractivity contribution in [2.45, 2.75) is 45.3 Å². The molecule has 0 saturated carbocycles. The first-order valence-corrected chi connectivity index (χ1v) is 6.03. The fraction of sp³-hybridized carbons (Fsp3) is 0.818. The Morgan fingerprint density at radius 1 is 1.56 bits per heavy atom. The molecule has 2 heterocycles. The highest BCUT2D eigenvalue weighted by Crippen LogP contribution is 2.24. The molecule has 5 heteroatoms. The molecule has 5 nitrogen and oxygen atoms in total. The van der Waals surface area contributed by atoms with Gasteiger partial charge in [0.05, 0.1) is 6.04 Å². The minimum Gasteiger partial charge on any atom is -0.370 e.